The zero-order valence-electron chi connectivity index (χ0n) is 14.7. The topological polar surface area (TPSA) is 102 Å². The molecule has 1 fully saturated rings. The van der Waals surface area contributed by atoms with Crippen molar-refractivity contribution in [1.29, 1.82) is 0 Å². The molecule has 2 N–H and O–H groups in total. The maximum atomic E-state index is 11.9. The van der Waals surface area contributed by atoms with Crippen molar-refractivity contribution in [2.75, 3.05) is 5.32 Å². The number of cyclic esters (lactones) is 2. The van der Waals surface area contributed by atoms with Crippen LogP contribution in [0.1, 0.15) is 24.2 Å². The minimum atomic E-state index is -1.28. The molecule has 0 aliphatic carbocycles. The number of benzene rings is 2. The van der Waals surface area contributed by atoms with Crippen LogP contribution in [0.4, 0.5) is 5.69 Å². The van der Waals surface area contributed by atoms with E-state index in [1.165, 1.54) is 26.1 Å². The molecule has 1 aliphatic heterocycles. The number of aromatic carboxylic acids is 1. The normalized spacial score (nSPS) is 15.6. The van der Waals surface area contributed by atoms with E-state index in [0.717, 1.165) is 11.1 Å². The van der Waals surface area contributed by atoms with Crippen LogP contribution >= 0.6 is 0 Å². The summed E-state index contributed by atoms with van der Waals surface area (Å²) in [6, 6.07) is 13.7. The summed E-state index contributed by atoms with van der Waals surface area (Å²) in [6.07, 6.45) is 1.24. The van der Waals surface area contributed by atoms with Crippen molar-refractivity contribution in [3.05, 3.63) is 65.9 Å². The van der Waals surface area contributed by atoms with Gasteiger partial charge in [-0.2, -0.15) is 0 Å². The minimum absolute atomic E-state index is 0.205. The molecular weight excluding hydrogens is 350 g/mol. The molecule has 0 amide bonds. The highest BCUT2D eigenvalue weighted by Gasteiger charge is 2.38. The number of hydrogen-bond acceptors (Lipinski definition) is 6. The van der Waals surface area contributed by atoms with Gasteiger partial charge in [-0.3, -0.25) is 0 Å². The van der Waals surface area contributed by atoms with E-state index in [4.69, 9.17) is 14.6 Å². The number of carboxylic acid groups (broad SMARTS) is 1. The van der Waals surface area contributed by atoms with E-state index in [0.29, 0.717) is 5.69 Å². The van der Waals surface area contributed by atoms with Crippen molar-refractivity contribution in [3.63, 3.8) is 0 Å². The van der Waals surface area contributed by atoms with Crippen LogP contribution in [0.3, 0.4) is 0 Å². The first-order valence-corrected chi connectivity index (χ1v) is 8.12. The lowest BCUT2D eigenvalue weighted by Gasteiger charge is -2.29. The Hall–Kier alpha value is -3.61. The number of carbonyl (C=O) groups is 3. The zero-order chi connectivity index (χ0) is 19.6. The number of carbonyl (C=O) groups excluding carboxylic acids is 2. The fourth-order valence-corrected chi connectivity index (χ4v) is 2.52. The summed E-state index contributed by atoms with van der Waals surface area (Å²) < 4.78 is 10.0. The van der Waals surface area contributed by atoms with Gasteiger partial charge in [0.25, 0.3) is 5.79 Å². The van der Waals surface area contributed by atoms with Gasteiger partial charge in [0.15, 0.2) is 5.57 Å². The molecule has 0 spiro atoms. The van der Waals surface area contributed by atoms with Crippen LogP contribution in [-0.4, -0.2) is 28.8 Å². The van der Waals surface area contributed by atoms with Gasteiger partial charge >= 0.3 is 17.9 Å². The van der Waals surface area contributed by atoms with Crippen molar-refractivity contribution in [2.24, 2.45) is 0 Å². The molecule has 1 aliphatic rings. The molecule has 0 radical (unpaired) electrons. The SMILES string of the molecule is CC1(C)OC(=O)C(=CNc2ccc(-c3cccc(C(=O)O)c3)cc2)C(=O)O1. The molecule has 0 atom stereocenters. The van der Waals surface area contributed by atoms with E-state index in [2.05, 4.69) is 5.32 Å². The van der Waals surface area contributed by atoms with E-state index in [1.807, 2.05) is 6.07 Å². The lowest BCUT2D eigenvalue weighted by atomic mass is 10.0. The van der Waals surface area contributed by atoms with Gasteiger partial charge in [-0.1, -0.05) is 24.3 Å². The highest BCUT2D eigenvalue weighted by atomic mass is 16.7. The van der Waals surface area contributed by atoms with Crippen LogP contribution in [0.5, 0.6) is 0 Å². The quantitative estimate of drug-likeness (QED) is 0.486. The van der Waals surface area contributed by atoms with E-state index in [1.54, 1.807) is 36.4 Å². The van der Waals surface area contributed by atoms with Crippen LogP contribution in [0, 0.1) is 0 Å². The molecule has 1 heterocycles. The Labute approximate surface area is 155 Å². The van der Waals surface area contributed by atoms with Crippen LogP contribution in [0.2, 0.25) is 0 Å². The first kappa shape index (κ1) is 18.2. The standard InChI is InChI=1S/C20H17NO6/c1-20(2)26-18(24)16(19(25)27-20)11-21-15-8-6-12(7-9-15)13-4-3-5-14(10-13)17(22)23/h3-11,21H,1-2H3,(H,22,23). The Morgan fingerprint density at radius 3 is 2.22 bits per heavy atom. The summed E-state index contributed by atoms with van der Waals surface area (Å²) in [6.45, 7) is 2.95. The lowest BCUT2D eigenvalue weighted by Crippen LogP contribution is -2.42. The van der Waals surface area contributed by atoms with Crippen molar-refractivity contribution in [1.82, 2.24) is 0 Å². The number of carboxylic acids is 1. The van der Waals surface area contributed by atoms with Crippen LogP contribution in [-0.2, 0) is 19.1 Å². The number of esters is 2. The van der Waals surface area contributed by atoms with E-state index in [-0.39, 0.29) is 11.1 Å². The third kappa shape index (κ3) is 4.14. The average Bonchev–Trinajstić information content (AvgIpc) is 2.60. The number of nitrogens with one attached hydrogen (secondary N) is 1. The van der Waals surface area contributed by atoms with Gasteiger partial charge in [-0.05, 0) is 35.4 Å². The highest BCUT2D eigenvalue weighted by molar-refractivity contribution is 6.15. The predicted molar refractivity (Wildman–Crippen MR) is 96.8 cm³/mol. The molecule has 138 valence electrons. The largest absolute Gasteiger partial charge is 0.478 e. The molecule has 2 aromatic rings. The van der Waals surface area contributed by atoms with Crippen molar-refractivity contribution in [2.45, 2.75) is 19.6 Å². The molecule has 1 saturated heterocycles. The molecule has 0 unspecified atom stereocenters. The van der Waals surface area contributed by atoms with Crippen LogP contribution in [0.25, 0.3) is 11.1 Å². The number of ether oxygens (including phenoxy) is 2. The van der Waals surface area contributed by atoms with Gasteiger partial charge in [-0.25, -0.2) is 14.4 Å². The highest BCUT2D eigenvalue weighted by Crippen LogP contribution is 2.24. The van der Waals surface area contributed by atoms with E-state index >= 15 is 0 Å². The van der Waals surface area contributed by atoms with Crippen molar-refractivity contribution in [3.8, 4) is 11.1 Å². The summed E-state index contributed by atoms with van der Waals surface area (Å²) in [4.78, 5) is 34.9. The summed E-state index contributed by atoms with van der Waals surface area (Å²) >= 11 is 0. The lowest BCUT2D eigenvalue weighted by molar-refractivity contribution is -0.222. The Bertz CT molecular complexity index is 921. The maximum Gasteiger partial charge on any atom is 0.350 e. The first-order valence-electron chi connectivity index (χ1n) is 8.12. The summed E-state index contributed by atoms with van der Waals surface area (Å²) in [5.41, 5.74) is 2.20. The third-order valence-corrected chi connectivity index (χ3v) is 3.83. The fourth-order valence-electron chi connectivity index (χ4n) is 2.52. The molecule has 7 nitrogen and oxygen atoms in total. The number of rotatable bonds is 4. The van der Waals surface area contributed by atoms with Crippen molar-refractivity contribution >= 4 is 23.6 Å². The van der Waals surface area contributed by atoms with Gasteiger partial charge in [0, 0.05) is 25.7 Å². The Balaban J connectivity index is 1.75. The molecule has 0 bridgehead atoms. The first-order chi connectivity index (χ1) is 12.7. The third-order valence-electron chi connectivity index (χ3n) is 3.83. The van der Waals surface area contributed by atoms with Gasteiger partial charge in [0.1, 0.15) is 0 Å². The zero-order valence-corrected chi connectivity index (χ0v) is 14.7. The second kappa shape index (κ2) is 6.95. The van der Waals surface area contributed by atoms with E-state index in [9.17, 15) is 14.4 Å². The van der Waals surface area contributed by atoms with Crippen LogP contribution in [0.15, 0.2) is 60.3 Å². The smallest absolute Gasteiger partial charge is 0.350 e. The molecule has 7 heteroatoms. The number of anilines is 1. The van der Waals surface area contributed by atoms with Gasteiger partial charge in [-0.15, -0.1) is 0 Å². The molecule has 3 rings (SSSR count). The average molecular weight is 367 g/mol. The summed E-state index contributed by atoms with van der Waals surface area (Å²) in [7, 11) is 0. The fraction of sp³-hybridized carbons (Fsp3) is 0.150. The molecule has 27 heavy (non-hydrogen) atoms. The van der Waals surface area contributed by atoms with Gasteiger partial charge in [0.2, 0.25) is 0 Å². The van der Waals surface area contributed by atoms with Gasteiger partial charge < -0.3 is 19.9 Å². The van der Waals surface area contributed by atoms with Crippen molar-refractivity contribution < 1.29 is 29.0 Å². The van der Waals surface area contributed by atoms with E-state index < -0.39 is 23.7 Å². The molecule has 2 aromatic carbocycles. The summed E-state index contributed by atoms with van der Waals surface area (Å²) in [5.74, 6) is -3.79. The van der Waals surface area contributed by atoms with Crippen LogP contribution < -0.4 is 5.32 Å². The summed E-state index contributed by atoms with van der Waals surface area (Å²) in [5, 5.41) is 11.9. The number of hydrogen-bond donors (Lipinski definition) is 2. The Morgan fingerprint density at radius 1 is 1.00 bits per heavy atom. The molecular formula is C20H17NO6. The Kier molecular flexibility index (Phi) is 4.68. The second-order valence-electron chi connectivity index (χ2n) is 6.34. The minimum Gasteiger partial charge on any atom is -0.478 e. The molecule has 0 aromatic heterocycles. The maximum absolute atomic E-state index is 11.9. The Morgan fingerprint density at radius 2 is 1.63 bits per heavy atom. The predicted octanol–water partition coefficient (Wildman–Crippen LogP) is 3.18. The monoisotopic (exact) mass is 367 g/mol. The molecule has 0 saturated carbocycles. The second-order valence-corrected chi connectivity index (χ2v) is 6.34. The van der Waals surface area contributed by atoms with Gasteiger partial charge in [0.05, 0.1) is 5.56 Å².